The summed E-state index contributed by atoms with van der Waals surface area (Å²) in [6, 6.07) is 0.248. The normalized spacial score (nSPS) is 25.0. The van der Waals surface area contributed by atoms with Crippen LogP contribution in [-0.2, 0) is 19.1 Å². The Balaban J connectivity index is 1.67. The highest BCUT2D eigenvalue weighted by molar-refractivity contribution is 5.74. The van der Waals surface area contributed by atoms with Crippen LogP contribution in [0, 0.1) is 0 Å². The standard InChI is InChI=1S/C10H18N2O4/c11-9(13)7-16-12-8-1-3-10(4-2-8)14-5-6-15-10/h8,12H,1-7H2,(H2,11,13). The SMILES string of the molecule is NC(=O)CONC1CCC2(CC1)OCCO2. The molecule has 0 radical (unpaired) electrons. The van der Waals surface area contributed by atoms with Gasteiger partial charge in [0.15, 0.2) is 5.79 Å². The van der Waals surface area contributed by atoms with Gasteiger partial charge in [0.2, 0.25) is 5.91 Å². The summed E-state index contributed by atoms with van der Waals surface area (Å²) in [7, 11) is 0. The van der Waals surface area contributed by atoms with E-state index in [0.29, 0.717) is 13.2 Å². The van der Waals surface area contributed by atoms with Gasteiger partial charge in [0.25, 0.3) is 0 Å². The topological polar surface area (TPSA) is 82.8 Å². The molecule has 1 aliphatic carbocycles. The molecule has 1 saturated carbocycles. The lowest BCUT2D eigenvalue weighted by Gasteiger charge is -2.35. The van der Waals surface area contributed by atoms with Crippen molar-refractivity contribution in [3.05, 3.63) is 0 Å². The number of ether oxygens (including phenoxy) is 2. The summed E-state index contributed by atoms with van der Waals surface area (Å²) in [6.07, 6.45) is 3.56. The van der Waals surface area contributed by atoms with Crippen LogP contribution in [0.3, 0.4) is 0 Å². The lowest BCUT2D eigenvalue weighted by molar-refractivity contribution is -0.184. The number of rotatable bonds is 4. The molecule has 1 amide bonds. The number of hydrogen-bond acceptors (Lipinski definition) is 5. The molecule has 0 atom stereocenters. The van der Waals surface area contributed by atoms with Gasteiger partial charge in [0, 0.05) is 18.9 Å². The molecule has 3 N–H and O–H groups in total. The molecule has 1 aliphatic heterocycles. The van der Waals surface area contributed by atoms with Gasteiger partial charge in [-0.25, -0.2) is 0 Å². The first-order valence-electron chi connectivity index (χ1n) is 5.64. The Morgan fingerprint density at radius 1 is 1.38 bits per heavy atom. The molecular weight excluding hydrogens is 212 g/mol. The molecule has 1 spiro atoms. The summed E-state index contributed by atoms with van der Waals surface area (Å²) < 4.78 is 11.2. The van der Waals surface area contributed by atoms with Crippen LogP contribution in [-0.4, -0.2) is 37.6 Å². The minimum Gasteiger partial charge on any atom is -0.368 e. The third-order valence-electron chi connectivity index (χ3n) is 3.03. The zero-order chi connectivity index (χ0) is 11.4. The highest BCUT2D eigenvalue weighted by Gasteiger charge is 2.40. The van der Waals surface area contributed by atoms with Crippen molar-refractivity contribution in [1.82, 2.24) is 5.48 Å². The van der Waals surface area contributed by atoms with Gasteiger partial charge in [-0.15, -0.1) is 0 Å². The number of nitrogens with two attached hydrogens (primary N) is 1. The Labute approximate surface area is 94.4 Å². The predicted molar refractivity (Wildman–Crippen MR) is 55.2 cm³/mol. The molecule has 1 saturated heterocycles. The molecule has 1 heterocycles. The molecule has 0 aromatic heterocycles. The monoisotopic (exact) mass is 230 g/mol. The number of carbonyl (C=O) groups is 1. The highest BCUT2D eigenvalue weighted by Crippen LogP contribution is 2.35. The molecule has 16 heavy (non-hydrogen) atoms. The number of amides is 1. The Hall–Kier alpha value is -0.690. The van der Waals surface area contributed by atoms with Crippen molar-refractivity contribution in [2.75, 3.05) is 19.8 Å². The zero-order valence-corrected chi connectivity index (χ0v) is 9.24. The molecule has 0 aromatic rings. The second-order valence-electron chi connectivity index (χ2n) is 4.25. The first-order valence-corrected chi connectivity index (χ1v) is 5.64. The Bertz CT molecular complexity index is 243. The molecule has 0 bridgehead atoms. The molecule has 2 aliphatic rings. The summed E-state index contributed by atoms with van der Waals surface area (Å²) in [5.41, 5.74) is 7.81. The summed E-state index contributed by atoms with van der Waals surface area (Å²) in [5, 5.41) is 0. The van der Waals surface area contributed by atoms with Crippen LogP contribution in [0.4, 0.5) is 0 Å². The third kappa shape index (κ3) is 2.91. The van der Waals surface area contributed by atoms with Crippen molar-refractivity contribution >= 4 is 5.91 Å². The van der Waals surface area contributed by atoms with Gasteiger partial charge in [-0.05, 0) is 12.8 Å². The molecule has 6 heteroatoms. The maximum absolute atomic E-state index is 10.5. The van der Waals surface area contributed by atoms with E-state index in [4.69, 9.17) is 20.0 Å². The molecule has 0 aromatic carbocycles. The van der Waals surface area contributed by atoms with Crippen LogP contribution >= 0.6 is 0 Å². The first kappa shape index (κ1) is 11.8. The maximum atomic E-state index is 10.5. The Morgan fingerprint density at radius 3 is 2.56 bits per heavy atom. The first-order chi connectivity index (χ1) is 7.70. The van der Waals surface area contributed by atoms with Crippen molar-refractivity contribution in [2.45, 2.75) is 37.5 Å². The fourth-order valence-electron chi connectivity index (χ4n) is 2.19. The Kier molecular flexibility index (Phi) is 3.75. The van der Waals surface area contributed by atoms with Gasteiger partial charge < -0.3 is 15.2 Å². The van der Waals surface area contributed by atoms with Crippen LogP contribution in [0.2, 0.25) is 0 Å². The van der Waals surface area contributed by atoms with E-state index in [2.05, 4.69) is 5.48 Å². The van der Waals surface area contributed by atoms with Crippen molar-refractivity contribution in [2.24, 2.45) is 5.73 Å². The average molecular weight is 230 g/mol. The molecule has 6 nitrogen and oxygen atoms in total. The molecular formula is C10H18N2O4. The van der Waals surface area contributed by atoms with E-state index < -0.39 is 5.91 Å². The lowest BCUT2D eigenvalue weighted by atomic mass is 9.90. The van der Waals surface area contributed by atoms with E-state index in [1.165, 1.54) is 0 Å². The van der Waals surface area contributed by atoms with Gasteiger partial charge in [-0.1, -0.05) is 0 Å². The Morgan fingerprint density at radius 2 is 2.00 bits per heavy atom. The van der Waals surface area contributed by atoms with Crippen LogP contribution in [0.15, 0.2) is 0 Å². The number of hydroxylamine groups is 1. The summed E-state index contributed by atoms with van der Waals surface area (Å²) >= 11 is 0. The number of primary amides is 1. The minimum absolute atomic E-state index is 0.0886. The summed E-state index contributed by atoms with van der Waals surface area (Å²) in [4.78, 5) is 15.4. The van der Waals surface area contributed by atoms with Gasteiger partial charge in [0.05, 0.1) is 13.2 Å². The molecule has 92 valence electrons. The zero-order valence-electron chi connectivity index (χ0n) is 9.24. The van der Waals surface area contributed by atoms with Crippen molar-refractivity contribution in [1.29, 1.82) is 0 Å². The second kappa shape index (κ2) is 5.09. The quantitative estimate of drug-likeness (QED) is 0.647. The molecule has 2 fully saturated rings. The fraction of sp³-hybridized carbons (Fsp3) is 0.900. The van der Waals surface area contributed by atoms with E-state index in [1.807, 2.05) is 0 Å². The van der Waals surface area contributed by atoms with Crippen molar-refractivity contribution < 1.29 is 19.1 Å². The van der Waals surface area contributed by atoms with Crippen LogP contribution in [0.1, 0.15) is 25.7 Å². The van der Waals surface area contributed by atoms with Gasteiger partial charge in [-0.2, -0.15) is 5.48 Å². The fourth-order valence-corrected chi connectivity index (χ4v) is 2.19. The van der Waals surface area contributed by atoms with E-state index in [0.717, 1.165) is 25.7 Å². The van der Waals surface area contributed by atoms with Gasteiger partial charge >= 0.3 is 0 Å². The highest BCUT2D eigenvalue weighted by atomic mass is 16.7. The van der Waals surface area contributed by atoms with Crippen molar-refractivity contribution in [3.8, 4) is 0 Å². The number of hydrogen-bond donors (Lipinski definition) is 2. The average Bonchev–Trinajstić information content (AvgIpc) is 2.70. The number of carbonyl (C=O) groups excluding carboxylic acids is 1. The van der Waals surface area contributed by atoms with Crippen LogP contribution in [0.5, 0.6) is 0 Å². The van der Waals surface area contributed by atoms with Crippen LogP contribution < -0.4 is 11.2 Å². The van der Waals surface area contributed by atoms with Crippen LogP contribution in [0.25, 0.3) is 0 Å². The minimum atomic E-state index is -0.470. The molecule has 0 unspecified atom stereocenters. The summed E-state index contributed by atoms with van der Waals surface area (Å²) in [6.45, 7) is 1.29. The predicted octanol–water partition coefficient (Wildman–Crippen LogP) is -0.321. The number of nitrogens with one attached hydrogen (secondary N) is 1. The second-order valence-corrected chi connectivity index (χ2v) is 4.25. The van der Waals surface area contributed by atoms with E-state index in [-0.39, 0.29) is 18.4 Å². The van der Waals surface area contributed by atoms with Gasteiger partial charge in [0.1, 0.15) is 6.61 Å². The third-order valence-corrected chi connectivity index (χ3v) is 3.03. The van der Waals surface area contributed by atoms with E-state index in [1.54, 1.807) is 0 Å². The van der Waals surface area contributed by atoms with E-state index in [9.17, 15) is 4.79 Å². The largest absolute Gasteiger partial charge is 0.368 e. The van der Waals surface area contributed by atoms with E-state index >= 15 is 0 Å². The van der Waals surface area contributed by atoms with Crippen molar-refractivity contribution in [3.63, 3.8) is 0 Å². The van der Waals surface area contributed by atoms with Gasteiger partial charge in [-0.3, -0.25) is 9.63 Å². The smallest absolute Gasteiger partial charge is 0.245 e. The molecule has 2 rings (SSSR count). The summed E-state index contributed by atoms with van der Waals surface area (Å²) in [5.74, 6) is -0.816. The lowest BCUT2D eigenvalue weighted by Crippen LogP contribution is -2.42. The maximum Gasteiger partial charge on any atom is 0.245 e.